The molecule has 1 aromatic rings. The maximum Gasteiger partial charge on any atom is 0.387 e. The maximum atomic E-state index is 10.7. The molecule has 0 spiro atoms. The van der Waals surface area contributed by atoms with Gasteiger partial charge in [-0.2, -0.15) is 0 Å². The lowest BCUT2D eigenvalue weighted by atomic mass is 10.0. The zero-order chi connectivity index (χ0) is 11.1. The predicted octanol–water partition coefficient (Wildman–Crippen LogP) is 0.831. The van der Waals surface area contributed by atoms with E-state index in [1.165, 1.54) is 0 Å². The molecule has 1 heterocycles. The van der Waals surface area contributed by atoms with Gasteiger partial charge in [-0.05, 0) is 23.8 Å². The van der Waals surface area contributed by atoms with Crippen LogP contribution in [0.5, 0.6) is 0 Å². The molecule has 6 nitrogen and oxygen atoms in total. The van der Waals surface area contributed by atoms with Gasteiger partial charge < -0.3 is 20.4 Å². The van der Waals surface area contributed by atoms with Gasteiger partial charge in [-0.15, -0.1) is 0 Å². The summed E-state index contributed by atoms with van der Waals surface area (Å²) in [6.45, 7) is 5.15. The summed E-state index contributed by atoms with van der Waals surface area (Å²) in [5.41, 5.74) is 5.52. The van der Waals surface area contributed by atoms with Crippen molar-refractivity contribution in [2.75, 3.05) is 0 Å². The summed E-state index contributed by atoms with van der Waals surface area (Å²) in [5, 5.41) is 10.7. The number of rotatable bonds is 2. The Labute approximate surface area is 81.9 Å². The predicted molar refractivity (Wildman–Crippen MR) is 51.8 cm³/mol. The number of imidazole rings is 1. The molecule has 14 heavy (non-hydrogen) atoms. The molecule has 0 bridgehead atoms. The highest BCUT2D eigenvalue weighted by Gasteiger charge is 2.32. The van der Waals surface area contributed by atoms with Crippen LogP contribution in [0.4, 0.5) is 5.82 Å². The summed E-state index contributed by atoms with van der Waals surface area (Å²) in [7, 11) is 1.72. The van der Waals surface area contributed by atoms with Gasteiger partial charge in [-0.25, -0.2) is 0 Å². The first-order valence-corrected chi connectivity index (χ1v) is 4.22. The molecule has 0 saturated heterocycles. The van der Waals surface area contributed by atoms with Gasteiger partial charge in [-0.1, -0.05) is 0 Å². The van der Waals surface area contributed by atoms with E-state index in [2.05, 4.69) is 4.98 Å². The van der Waals surface area contributed by atoms with Gasteiger partial charge in [0.15, 0.2) is 0 Å². The first-order valence-electron chi connectivity index (χ1n) is 4.22. The Hall–Kier alpha value is -1.43. The Bertz CT molecular complexity index is 375. The summed E-state index contributed by atoms with van der Waals surface area (Å²) < 4.78 is 1.65. The Balaban J connectivity index is 3.46. The molecule has 0 amide bonds. The van der Waals surface area contributed by atoms with E-state index in [0.717, 1.165) is 0 Å². The van der Waals surface area contributed by atoms with Crippen LogP contribution in [-0.4, -0.2) is 14.5 Å². The van der Waals surface area contributed by atoms with Crippen molar-refractivity contribution in [3.63, 3.8) is 0 Å². The second-order valence-corrected chi connectivity index (χ2v) is 3.87. The fourth-order valence-corrected chi connectivity index (χ4v) is 1.44. The van der Waals surface area contributed by atoms with Crippen LogP contribution in [0.25, 0.3) is 0 Å². The summed E-state index contributed by atoms with van der Waals surface area (Å²) >= 11 is 0. The molecule has 0 aliphatic heterocycles. The third-order valence-corrected chi connectivity index (χ3v) is 2.08. The van der Waals surface area contributed by atoms with E-state index in [1.54, 1.807) is 32.4 Å². The molecule has 0 aliphatic rings. The molecular formula is C8H14N4O2. The third-order valence-electron chi connectivity index (χ3n) is 2.08. The number of hydrogen-bond acceptors (Lipinski definition) is 4. The summed E-state index contributed by atoms with van der Waals surface area (Å²) in [6, 6.07) is 0. The number of nitrogens with zero attached hydrogens (tertiary/aromatic N) is 3. The zero-order valence-electron chi connectivity index (χ0n) is 8.74. The van der Waals surface area contributed by atoms with Crippen LogP contribution in [-0.2, 0) is 12.6 Å². The van der Waals surface area contributed by atoms with Gasteiger partial charge in [0.05, 0.1) is 5.54 Å². The van der Waals surface area contributed by atoms with Crippen LogP contribution in [0, 0.1) is 17.0 Å². The van der Waals surface area contributed by atoms with Crippen molar-refractivity contribution in [3.05, 3.63) is 21.6 Å². The van der Waals surface area contributed by atoms with Crippen molar-refractivity contribution < 1.29 is 4.92 Å². The quantitative estimate of drug-likeness (QED) is 0.563. The standard InChI is InChI=1S/C8H14N4O2/c1-5-10-7(12(13)14)6(11(5)4)8(2,3)9/h9H2,1-4H3. The number of nitro groups is 1. The van der Waals surface area contributed by atoms with Crippen LogP contribution in [0.1, 0.15) is 25.4 Å². The average molecular weight is 198 g/mol. The highest BCUT2D eigenvalue weighted by molar-refractivity contribution is 5.34. The molecule has 1 rings (SSSR count). The molecule has 0 unspecified atom stereocenters. The number of hydrogen-bond donors (Lipinski definition) is 1. The summed E-state index contributed by atoms with van der Waals surface area (Å²) in [4.78, 5) is 14.1. The highest BCUT2D eigenvalue weighted by atomic mass is 16.6. The minimum atomic E-state index is -0.765. The Morgan fingerprint density at radius 2 is 2.07 bits per heavy atom. The normalized spacial score (nSPS) is 11.8. The lowest BCUT2D eigenvalue weighted by Gasteiger charge is -2.17. The van der Waals surface area contributed by atoms with Crippen molar-refractivity contribution in [2.45, 2.75) is 26.3 Å². The maximum absolute atomic E-state index is 10.7. The van der Waals surface area contributed by atoms with Crippen LogP contribution < -0.4 is 5.73 Å². The van der Waals surface area contributed by atoms with Gasteiger partial charge in [0, 0.05) is 14.0 Å². The SMILES string of the molecule is Cc1nc([N+](=O)[O-])c(C(C)(C)N)n1C. The Kier molecular flexibility index (Phi) is 2.32. The van der Waals surface area contributed by atoms with Gasteiger partial charge in [0.1, 0.15) is 5.69 Å². The number of aryl methyl sites for hydroxylation is 1. The smallest absolute Gasteiger partial charge is 0.358 e. The molecular weight excluding hydrogens is 184 g/mol. The van der Waals surface area contributed by atoms with E-state index in [1.807, 2.05) is 0 Å². The molecule has 6 heteroatoms. The fraction of sp³-hybridized carbons (Fsp3) is 0.625. The van der Waals surface area contributed by atoms with Crippen molar-refractivity contribution in [1.82, 2.24) is 9.55 Å². The third kappa shape index (κ3) is 1.60. The molecule has 0 saturated carbocycles. The van der Waals surface area contributed by atoms with Crippen LogP contribution in [0.15, 0.2) is 0 Å². The van der Waals surface area contributed by atoms with E-state index in [-0.39, 0.29) is 5.82 Å². The van der Waals surface area contributed by atoms with Gasteiger partial charge in [0.25, 0.3) is 0 Å². The molecule has 0 radical (unpaired) electrons. The second-order valence-electron chi connectivity index (χ2n) is 3.87. The molecule has 1 aromatic heterocycles. The van der Waals surface area contributed by atoms with Gasteiger partial charge in [-0.3, -0.25) is 0 Å². The topological polar surface area (TPSA) is 87.0 Å². The van der Waals surface area contributed by atoms with E-state index >= 15 is 0 Å². The van der Waals surface area contributed by atoms with Crippen molar-refractivity contribution in [2.24, 2.45) is 12.8 Å². The van der Waals surface area contributed by atoms with Crippen LogP contribution >= 0.6 is 0 Å². The molecule has 0 atom stereocenters. The first kappa shape index (κ1) is 10.6. The number of aromatic nitrogens is 2. The molecule has 0 fully saturated rings. The van der Waals surface area contributed by atoms with Crippen molar-refractivity contribution in [1.29, 1.82) is 0 Å². The zero-order valence-corrected chi connectivity index (χ0v) is 8.74. The van der Waals surface area contributed by atoms with Gasteiger partial charge >= 0.3 is 5.82 Å². The summed E-state index contributed by atoms with van der Waals surface area (Å²) in [5.74, 6) is 0.433. The van der Waals surface area contributed by atoms with E-state index < -0.39 is 10.5 Å². The Morgan fingerprint density at radius 1 is 1.57 bits per heavy atom. The average Bonchev–Trinajstić information content (AvgIpc) is 2.27. The van der Waals surface area contributed by atoms with Crippen LogP contribution in [0.3, 0.4) is 0 Å². The minimum absolute atomic E-state index is 0.155. The molecule has 0 aromatic carbocycles. The molecule has 0 aliphatic carbocycles. The van der Waals surface area contributed by atoms with E-state index in [4.69, 9.17) is 5.73 Å². The minimum Gasteiger partial charge on any atom is -0.358 e. The summed E-state index contributed by atoms with van der Waals surface area (Å²) in [6.07, 6.45) is 0. The van der Waals surface area contributed by atoms with Crippen molar-refractivity contribution in [3.8, 4) is 0 Å². The fourth-order valence-electron chi connectivity index (χ4n) is 1.44. The second kappa shape index (κ2) is 3.06. The van der Waals surface area contributed by atoms with Crippen molar-refractivity contribution >= 4 is 5.82 Å². The highest BCUT2D eigenvalue weighted by Crippen LogP contribution is 2.27. The van der Waals surface area contributed by atoms with E-state index in [9.17, 15) is 10.1 Å². The monoisotopic (exact) mass is 198 g/mol. The largest absolute Gasteiger partial charge is 0.387 e. The molecule has 2 N–H and O–H groups in total. The van der Waals surface area contributed by atoms with E-state index in [0.29, 0.717) is 11.5 Å². The first-order chi connectivity index (χ1) is 6.25. The van der Waals surface area contributed by atoms with Crippen LogP contribution in [0.2, 0.25) is 0 Å². The lowest BCUT2D eigenvalue weighted by Crippen LogP contribution is -2.32. The lowest BCUT2D eigenvalue weighted by molar-refractivity contribution is -0.390. The number of nitrogens with two attached hydrogens (primary N) is 1. The van der Waals surface area contributed by atoms with Gasteiger partial charge in [0.2, 0.25) is 5.82 Å². The molecule has 78 valence electrons. The Morgan fingerprint density at radius 3 is 2.36 bits per heavy atom.